The highest BCUT2D eigenvalue weighted by atomic mass is 15.2. The van der Waals surface area contributed by atoms with Crippen LogP contribution in [-0.2, 0) is 0 Å². The summed E-state index contributed by atoms with van der Waals surface area (Å²) in [6.07, 6.45) is 7.22. The average Bonchev–Trinajstić information content (AvgIpc) is 3.16. The van der Waals surface area contributed by atoms with Crippen molar-refractivity contribution < 1.29 is 0 Å². The summed E-state index contributed by atoms with van der Waals surface area (Å²) in [4.78, 5) is 6.95. The molecule has 2 fully saturated rings. The second kappa shape index (κ2) is 4.60. The van der Waals surface area contributed by atoms with Gasteiger partial charge in [0.1, 0.15) is 0 Å². The van der Waals surface area contributed by atoms with Crippen LogP contribution in [0.5, 0.6) is 0 Å². The van der Waals surface area contributed by atoms with Crippen LogP contribution < -0.4 is 0 Å². The first-order chi connectivity index (χ1) is 9.40. The van der Waals surface area contributed by atoms with E-state index in [1.165, 1.54) is 56.4 Å². The fraction of sp³-hybridized carbons (Fsp3) is 0.600. The highest BCUT2D eigenvalue weighted by Crippen LogP contribution is 2.34. The molecule has 2 aliphatic rings. The lowest BCUT2D eigenvalue weighted by molar-refractivity contribution is 0.204. The Morgan fingerprint density at radius 3 is 2.84 bits per heavy atom. The van der Waals surface area contributed by atoms with Gasteiger partial charge in [0.25, 0.3) is 0 Å². The van der Waals surface area contributed by atoms with E-state index in [1.54, 1.807) is 0 Å². The largest absolute Gasteiger partial charge is 0.303 e. The molecule has 1 aliphatic heterocycles. The summed E-state index contributed by atoms with van der Waals surface area (Å²) in [5.74, 6) is 1.64. The van der Waals surface area contributed by atoms with Crippen molar-refractivity contribution in [3.63, 3.8) is 0 Å². The Kier molecular flexibility index (Phi) is 2.76. The van der Waals surface area contributed by atoms with E-state index < -0.39 is 0 Å². The van der Waals surface area contributed by atoms with Gasteiger partial charge in [0.15, 0.2) is 5.65 Å². The SMILES string of the molecule is c1cnc2n[nH]c(C3CCN(CC4CC4)CC3)c2c1. The summed E-state index contributed by atoms with van der Waals surface area (Å²) in [5.41, 5.74) is 2.16. The van der Waals surface area contributed by atoms with Crippen LogP contribution in [-0.4, -0.2) is 39.7 Å². The minimum Gasteiger partial charge on any atom is -0.303 e. The number of rotatable bonds is 3. The van der Waals surface area contributed by atoms with Gasteiger partial charge in [0, 0.05) is 29.7 Å². The van der Waals surface area contributed by atoms with Crippen LogP contribution >= 0.6 is 0 Å². The fourth-order valence-electron chi connectivity index (χ4n) is 3.25. The van der Waals surface area contributed by atoms with Crippen molar-refractivity contribution in [2.75, 3.05) is 19.6 Å². The Labute approximate surface area is 113 Å². The Hall–Kier alpha value is -1.42. The van der Waals surface area contributed by atoms with Gasteiger partial charge in [-0.2, -0.15) is 5.10 Å². The molecule has 0 unspecified atom stereocenters. The molecule has 4 rings (SSSR count). The quantitative estimate of drug-likeness (QED) is 0.918. The van der Waals surface area contributed by atoms with Crippen molar-refractivity contribution in [2.45, 2.75) is 31.6 Å². The minimum atomic E-state index is 0.629. The first-order valence-electron chi connectivity index (χ1n) is 7.41. The third kappa shape index (κ3) is 2.25. The van der Waals surface area contributed by atoms with Gasteiger partial charge in [0.2, 0.25) is 0 Å². The van der Waals surface area contributed by atoms with E-state index in [0.717, 1.165) is 11.6 Å². The Balaban J connectivity index is 1.48. The molecule has 0 atom stereocenters. The van der Waals surface area contributed by atoms with Crippen LogP contribution in [0.2, 0.25) is 0 Å². The maximum Gasteiger partial charge on any atom is 0.181 e. The van der Waals surface area contributed by atoms with Gasteiger partial charge in [-0.05, 0) is 56.8 Å². The minimum absolute atomic E-state index is 0.629. The fourth-order valence-corrected chi connectivity index (χ4v) is 3.25. The van der Waals surface area contributed by atoms with Crippen LogP contribution in [0, 0.1) is 5.92 Å². The molecule has 1 saturated carbocycles. The standard InChI is InChI=1S/C15H20N4/c1-2-13-14(17-18-15(13)16-7-1)12-5-8-19(9-6-12)10-11-3-4-11/h1-2,7,11-12H,3-6,8-10H2,(H,16,17,18). The molecule has 2 aromatic heterocycles. The Morgan fingerprint density at radius 2 is 2.05 bits per heavy atom. The summed E-state index contributed by atoms with van der Waals surface area (Å²) in [7, 11) is 0. The zero-order valence-electron chi connectivity index (χ0n) is 11.2. The number of pyridine rings is 1. The van der Waals surface area contributed by atoms with Crippen molar-refractivity contribution in [1.82, 2.24) is 20.1 Å². The molecular weight excluding hydrogens is 236 g/mol. The Bertz CT molecular complexity index is 564. The molecule has 0 spiro atoms. The summed E-state index contributed by atoms with van der Waals surface area (Å²) in [6, 6.07) is 4.14. The van der Waals surface area contributed by atoms with Crippen LogP contribution in [0.1, 0.15) is 37.3 Å². The van der Waals surface area contributed by atoms with E-state index in [0.29, 0.717) is 5.92 Å². The zero-order chi connectivity index (χ0) is 12.7. The summed E-state index contributed by atoms with van der Waals surface area (Å²) < 4.78 is 0. The van der Waals surface area contributed by atoms with Gasteiger partial charge in [-0.25, -0.2) is 4.98 Å². The Morgan fingerprint density at radius 1 is 1.21 bits per heavy atom. The summed E-state index contributed by atoms with van der Waals surface area (Å²) >= 11 is 0. The van der Waals surface area contributed by atoms with Gasteiger partial charge in [-0.3, -0.25) is 5.10 Å². The van der Waals surface area contributed by atoms with Gasteiger partial charge in [-0.1, -0.05) is 0 Å². The van der Waals surface area contributed by atoms with Gasteiger partial charge in [-0.15, -0.1) is 0 Å². The number of piperidine rings is 1. The van der Waals surface area contributed by atoms with Gasteiger partial charge in [0.05, 0.1) is 0 Å². The smallest absolute Gasteiger partial charge is 0.181 e. The molecule has 2 aromatic rings. The highest BCUT2D eigenvalue weighted by molar-refractivity contribution is 5.77. The van der Waals surface area contributed by atoms with Crippen molar-refractivity contribution in [3.8, 4) is 0 Å². The number of fused-ring (bicyclic) bond motifs is 1. The number of nitrogens with one attached hydrogen (secondary N) is 1. The number of likely N-dealkylation sites (tertiary alicyclic amines) is 1. The van der Waals surface area contributed by atoms with Crippen LogP contribution in [0.15, 0.2) is 18.3 Å². The molecule has 4 nitrogen and oxygen atoms in total. The predicted octanol–water partition coefficient (Wildman–Crippen LogP) is 2.55. The molecule has 0 aromatic carbocycles. The first kappa shape index (κ1) is 11.4. The molecule has 4 heteroatoms. The maximum absolute atomic E-state index is 4.32. The lowest BCUT2D eigenvalue weighted by atomic mass is 9.92. The van der Waals surface area contributed by atoms with E-state index in [9.17, 15) is 0 Å². The van der Waals surface area contributed by atoms with E-state index in [2.05, 4.69) is 26.1 Å². The second-order valence-corrected chi connectivity index (χ2v) is 6.03. The molecule has 0 amide bonds. The molecule has 3 heterocycles. The van der Waals surface area contributed by atoms with E-state index >= 15 is 0 Å². The van der Waals surface area contributed by atoms with E-state index in [4.69, 9.17) is 0 Å². The van der Waals surface area contributed by atoms with Gasteiger partial charge < -0.3 is 4.90 Å². The first-order valence-corrected chi connectivity index (χ1v) is 7.41. The lowest BCUT2D eigenvalue weighted by Gasteiger charge is -2.31. The van der Waals surface area contributed by atoms with Crippen molar-refractivity contribution >= 4 is 11.0 Å². The van der Waals surface area contributed by atoms with Crippen LogP contribution in [0.3, 0.4) is 0 Å². The topological polar surface area (TPSA) is 44.8 Å². The molecule has 1 saturated heterocycles. The van der Waals surface area contributed by atoms with Gasteiger partial charge >= 0.3 is 0 Å². The van der Waals surface area contributed by atoms with Crippen LogP contribution in [0.25, 0.3) is 11.0 Å². The molecule has 0 bridgehead atoms. The zero-order valence-corrected chi connectivity index (χ0v) is 11.2. The second-order valence-electron chi connectivity index (χ2n) is 6.03. The number of nitrogens with zero attached hydrogens (tertiary/aromatic N) is 3. The van der Waals surface area contributed by atoms with Crippen LogP contribution in [0.4, 0.5) is 0 Å². The molecular formula is C15H20N4. The van der Waals surface area contributed by atoms with E-state index in [-0.39, 0.29) is 0 Å². The monoisotopic (exact) mass is 256 g/mol. The highest BCUT2D eigenvalue weighted by Gasteiger charge is 2.28. The molecule has 19 heavy (non-hydrogen) atoms. The molecule has 1 aliphatic carbocycles. The normalized spacial score (nSPS) is 22.1. The predicted molar refractivity (Wildman–Crippen MR) is 75.0 cm³/mol. The lowest BCUT2D eigenvalue weighted by Crippen LogP contribution is -2.34. The van der Waals surface area contributed by atoms with Crippen molar-refractivity contribution in [1.29, 1.82) is 0 Å². The summed E-state index contributed by atoms with van der Waals surface area (Å²) in [5, 5.41) is 8.75. The van der Waals surface area contributed by atoms with Crippen molar-refractivity contribution in [3.05, 3.63) is 24.0 Å². The number of hydrogen-bond donors (Lipinski definition) is 1. The number of H-pyrrole nitrogens is 1. The van der Waals surface area contributed by atoms with E-state index in [1.807, 2.05) is 12.3 Å². The number of hydrogen-bond acceptors (Lipinski definition) is 3. The third-order valence-electron chi connectivity index (χ3n) is 4.57. The average molecular weight is 256 g/mol. The molecule has 0 radical (unpaired) electrons. The third-order valence-corrected chi connectivity index (χ3v) is 4.57. The molecule has 100 valence electrons. The number of aromatic amines is 1. The number of aromatic nitrogens is 3. The molecule has 1 N–H and O–H groups in total. The summed E-state index contributed by atoms with van der Waals surface area (Å²) in [6.45, 7) is 3.81. The maximum atomic E-state index is 4.32. The van der Waals surface area contributed by atoms with Crippen molar-refractivity contribution in [2.24, 2.45) is 5.92 Å².